The summed E-state index contributed by atoms with van der Waals surface area (Å²) < 4.78 is 49.2. The van der Waals surface area contributed by atoms with Crippen molar-refractivity contribution in [1.29, 1.82) is 0 Å². The van der Waals surface area contributed by atoms with Gasteiger partial charge in [-0.1, -0.05) is 12.1 Å². The fraction of sp³-hybridized carbons (Fsp3) is 0.381. The summed E-state index contributed by atoms with van der Waals surface area (Å²) in [6.45, 7) is 7.17. The molecule has 0 aliphatic rings. The Kier molecular flexibility index (Phi) is 6.59. The molecule has 1 atom stereocenters. The highest BCUT2D eigenvalue weighted by Gasteiger charge is 2.30. The van der Waals surface area contributed by atoms with Crippen molar-refractivity contribution in [3.05, 3.63) is 64.2 Å². The molecule has 0 radical (unpaired) electrons. The van der Waals surface area contributed by atoms with Crippen LogP contribution in [0.25, 0.3) is 0 Å². The molecule has 0 aliphatic carbocycles. The van der Waals surface area contributed by atoms with Crippen LogP contribution < -0.4 is 10.1 Å². The van der Waals surface area contributed by atoms with E-state index >= 15 is 0 Å². The minimum Gasteiger partial charge on any atom is -0.496 e. The van der Waals surface area contributed by atoms with E-state index in [4.69, 9.17) is 9.47 Å². The van der Waals surface area contributed by atoms with Crippen LogP contribution in [0.3, 0.4) is 0 Å². The summed E-state index contributed by atoms with van der Waals surface area (Å²) in [7, 11) is 1.57. The molecule has 0 aliphatic heterocycles. The Bertz CT molecular complexity index is 807. The largest absolute Gasteiger partial charge is 0.496 e. The lowest BCUT2D eigenvalue weighted by molar-refractivity contribution is -0.137. The van der Waals surface area contributed by atoms with E-state index in [-0.39, 0.29) is 6.10 Å². The second-order valence-corrected chi connectivity index (χ2v) is 6.84. The Morgan fingerprint density at radius 1 is 1.00 bits per heavy atom. The van der Waals surface area contributed by atoms with Crippen LogP contribution in [0, 0.1) is 13.8 Å². The first-order valence-electron chi connectivity index (χ1n) is 8.82. The molecule has 2 aromatic rings. The summed E-state index contributed by atoms with van der Waals surface area (Å²) >= 11 is 0. The van der Waals surface area contributed by atoms with Crippen molar-refractivity contribution in [2.75, 3.05) is 7.11 Å². The van der Waals surface area contributed by atoms with Crippen LogP contribution in [0.2, 0.25) is 0 Å². The molecule has 1 unspecified atom stereocenters. The summed E-state index contributed by atoms with van der Waals surface area (Å²) in [6.07, 6.45) is -5.40. The maximum Gasteiger partial charge on any atom is 0.416 e. The average Bonchev–Trinajstić information content (AvgIpc) is 2.58. The molecule has 0 spiro atoms. The predicted octanol–water partition coefficient (Wildman–Crippen LogP) is 5.55. The topological polar surface area (TPSA) is 47.6 Å². The molecule has 0 aromatic heterocycles. The van der Waals surface area contributed by atoms with Gasteiger partial charge in [0.05, 0.1) is 24.8 Å². The van der Waals surface area contributed by atoms with Crippen molar-refractivity contribution >= 4 is 6.09 Å². The number of alkyl halides is 3. The Labute approximate surface area is 162 Å². The number of rotatable bonds is 5. The van der Waals surface area contributed by atoms with Gasteiger partial charge in [-0.05, 0) is 74.2 Å². The van der Waals surface area contributed by atoms with Gasteiger partial charge in [-0.25, -0.2) is 4.79 Å². The molecule has 152 valence electrons. The molecule has 1 amide bonds. The Balaban J connectivity index is 2.47. The maximum atomic E-state index is 12.9. The summed E-state index contributed by atoms with van der Waals surface area (Å²) in [5.41, 5.74) is 2.19. The number of alkyl carbamates (subject to hydrolysis) is 1. The molecular formula is C21H24F3NO3. The second kappa shape index (κ2) is 8.54. The zero-order chi connectivity index (χ0) is 21.1. The molecule has 2 aromatic carbocycles. The number of hydrogen-bond donors (Lipinski definition) is 1. The van der Waals surface area contributed by atoms with E-state index in [9.17, 15) is 18.0 Å². The zero-order valence-electron chi connectivity index (χ0n) is 16.5. The van der Waals surface area contributed by atoms with Crippen LogP contribution in [-0.2, 0) is 10.9 Å². The standard InChI is InChI=1S/C21H24F3NO3/c1-12(2)28-20(26)25-18(15-6-8-17(9-7-15)21(22,23)24)16-10-13(3)19(27-5)14(4)11-16/h6-12,18H,1-5H3,(H,25,26). The van der Waals surface area contributed by atoms with Gasteiger partial charge in [0.2, 0.25) is 0 Å². The van der Waals surface area contributed by atoms with Gasteiger partial charge in [0.25, 0.3) is 0 Å². The highest BCUT2D eigenvalue weighted by molar-refractivity contribution is 5.69. The van der Waals surface area contributed by atoms with E-state index in [2.05, 4.69) is 5.32 Å². The molecule has 28 heavy (non-hydrogen) atoms. The van der Waals surface area contributed by atoms with Crippen molar-refractivity contribution in [2.45, 2.75) is 46.0 Å². The third kappa shape index (κ3) is 5.18. The molecule has 0 saturated carbocycles. The summed E-state index contributed by atoms with van der Waals surface area (Å²) in [4.78, 5) is 12.2. The quantitative estimate of drug-likeness (QED) is 0.722. The highest BCUT2D eigenvalue weighted by Crippen LogP contribution is 2.33. The number of nitrogens with one attached hydrogen (secondary N) is 1. The molecular weight excluding hydrogens is 371 g/mol. The monoisotopic (exact) mass is 395 g/mol. The van der Waals surface area contributed by atoms with Crippen molar-refractivity contribution < 1.29 is 27.4 Å². The van der Waals surface area contributed by atoms with Crippen LogP contribution in [0.15, 0.2) is 36.4 Å². The number of carbonyl (C=O) groups excluding carboxylic acids is 1. The third-order valence-electron chi connectivity index (χ3n) is 4.20. The molecule has 7 heteroatoms. The Morgan fingerprint density at radius 2 is 1.54 bits per heavy atom. The fourth-order valence-corrected chi connectivity index (χ4v) is 3.06. The van der Waals surface area contributed by atoms with Crippen molar-refractivity contribution in [1.82, 2.24) is 5.32 Å². The van der Waals surface area contributed by atoms with Crippen molar-refractivity contribution in [3.8, 4) is 5.75 Å². The minimum absolute atomic E-state index is 0.326. The van der Waals surface area contributed by atoms with Gasteiger partial charge in [-0.3, -0.25) is 0 Å². The van der Waals surface area contributed by atoms with Crippen LogP contribution in [-0.4, -0.2) is 19.3 Å². The lowest BCUT2D eigenvalue weighted by Gasteiger charge is -2.23. The van der Waals surface area contributed by atoms with Crippen LogP contribution in [0.1, 0.15) is 47.7 Å². The number of methoxy groups -OCH3 is 1. The van der Waals surface area contributed by atoms with Gasteiger partial charge in [-0.2, -0.15) is 13.2 Å². The van der Waals surface area contributed by atoms with Gasteiger partial charge in [0.1, 0.15) is 5.75 Å². The molecule has 0 fully saturated rings. The van der Waals surface area contributed by atoms with E-state index in [1.807, 2.05) is 26.0 Å². The molecule has 0 bridgehead atoms. The van der Waals surface area contributed by atoms with Gasteiger partial charge in [0, 0.05) is 0 Å². The van der Waals surface area contributed by atoms with E-state index in [0.717, 1.165) is 34.6 Å². The normalized spacial score (nSPS) is 12.6. The van der Waals surface area contributed by atoms with Crippen LogP contribution >= 0.6 is 0 Å². The molecule has 2 rings (SSSR count). The first-order chi connectivity index (χ1) is 13.0. The van der Waals surface area contributed by atoms with E-state index in [1.54, 1.807) is 21.0 Å². The lowest BCUT2D eigenvalue weighted by atomic mass is 9.94. The Morgan fingerprint density at radius 3 is 1.96 bits per heavy atom. The number of halogens is 3. The minimum atomic E-state index is -4.43. The van der Waals surface area contributed by atoms with Gasteiger partial charge < -0.3 is 14.8 Å². The fourth-order valence-electron chi connectivity index (χ4n) is 3.06. The molecule has 0 saturated heterocycles. The summed E-state index contributed by atoms with van der Waals surface area (Å²) in [5.74, 6) is 0.722. The zero-order valence-corrected chi connectivity index (χ0v) is 16.5. The second-order valence-electron chi connectivity index (χ2n) is 6.84. The number of aryl methyl sites for hydroxylation is 2. The van der Waals surface area contributed by atoms with E-state index < -0.39 is 23.9 Å². The summed E-state index contributed by atoms with van der Waals surface area (Å²) in [6, 6.07) is 7.73. The lowest BCUT2D eigenvalue weighted by Crippen LogP contribution is -2.31. The average molecular weight is 395 g/mol. The smallest absolute Gasteiger partial charge is 0.416 e. The molecule has 4 nitrogen and oxygen atoms in total. The number of ether oxygens (including phenoxy) is 2. The SMILES string of the molecule is COc1c(C)cc(C(NC(=O)OC(C)C)c2ccc(C(F)(F)F)cc2)cc1C. The third-order valence-corrected chi connectivity index (χ3v) is 4.20. The van der Waals surface area contributed by atoms with E-state index in [0.29, 0.717) is 5.56 Å². The first kappa shape index (κ1) is 21.6. The number of benzene rings is 2. The van der Waals surface area contributed by atoms with Gasteiger partial charge >= 0.3 is 12.3 Å². The highest BCUT2D eigenvalue weighted by atomic mass is 19.4. The first-order valence-corrected chi connectivity index (χ1v) is 8.82. The van der Waals surface area contributed by atoms with Crippen molar-refractivity contribution in [2.24, 2.45) is 0 Å². The van der Waals surface area contributed by atoms with Crippen LogP contribution in [0.5, 0.6) is 5.75 Å². The van der Waals surface area contributed by atoms with Gasteiger partial charge in [-0.15, -0.1) is 0 Å². The van der Waals surface area contributed by atoms with Gasteiger partial charge in [0.15, 0.2) is 0 Å². The molecule has 1 N–H and O–H groups in total. The van der Waals surface area contributed by atoms with Crippen molar-refractivity contribution in [3.63, 3.8) is 0 Å². The number of carbonyl (C=O) groups is 1. The number of amides is 1. The van der Waals surface area contributed by atoms with Crippen LogP contribution in [0.4, 0.5) is 18.0 Å². The maximum absolute atomic E-state index is 12.9. The van der Waals surface area contributed by atoms with E-state index in [1.165, 1.54) is 12.1 Å². The molecule has 0 heterocycles. The number of hydrogen-bond acceptors (Lipinski definition) is 3. The Hall–Kier alpha value is -2.70. The predicted molar refractivity (Wildman–Crippen MR) is 101 cm³/mol. The summed E-state index contributed by atoms with van der Waals surface area (Å²) in [5, 5.41) is 2.75.